The molecular weight excluding hydrogens is 238 g/mol. The minimum absolute atomic E-state index is 0.0785. The molecule has 0 aliphatic heterocycles. The Bertz CT molecular complexity index is 339. The summed E-state index contributed by atoms with van der Waals surface area (Å²) in [6.45, 7) is 1.37. The highest BCUT2D eigenvalue weighted by atomic mass is 16.4. The predicted molar refractivity (Wildman–Crippen MR) is 63.8 cm³/mol. The molecule has 0 aromatic rings. The minimum atomic E-state index is -0.986. The van der Waals surface area contributed by atoms with Crippen LogP contribution >= 0.6 is 0 Å². The van der Waals surface area contributed by atoms with Crippen molar-refractivity contribution in [1.82, 2.24) is 10.2 Å². The van der Waals surface area contributed by atoms with Gasteiger partial charge in [-0.15, -0.1) is 0 Å². The van der Waals surface area contributed by atoms with Crippen LogP contribution in [0.4, 0.5) is 4.79 Å². The van der Waals surface area contributed by atoms with Gasteiger partial charge in [-0.1, -0.05) is 12.8 Å². The van der Waals surface area contributed by atoms with Crippen molar-refractivity contribution >= 4 is 17.9 Å². The number of carbonyl (C=O) groups is 3. The highest BCUT2D eigenvalue weighted by molar-refractivity contribution is 5.96. The number of rotatable bonds is 5. The Morgan fingerprint density at radius 1 is 1.39 bits per heavy atom. The van der Waals surface area contributed by atoms with Crippen molar-refractivity contribution in [2.24, 2.45) is 5.73 Å². The van der Waals surface area contributed by atoms with E-state index in [1.807, 2.05) is 5.32 Å². The molecule has 0 heterocycles. The van der Waals surface area contributed by atoms with Gasteiger partial charge in [0.25, 0.3) is 0 Å². The second-order valence-electron chi connectivity index (χ2n) is 4.53. The van der Waals surface area contributed by atoms with Crippen LogP contribution in [0.25, 0.3) is 0 Å². The van der Waals surface area contributed by atoms with Crippen LogP contribution in [0.2, 0.25) is 0 Å². The lowest BCUT2D eigenvalue weighted by molar-refractivity contribution is -0.140. The summed E-state index contributed by atoms with van der Waals surface area (Å²) in [4.78, 5) is 34.8. The summed E-state index contributed by atoms with van der Waals surface area (Å²) >= 11 is 0. The Hall–Kier alpha value is -1.63. The van der Waals surface area contributed by atoms with E-state index in [9.17, 15) is 14.4 Å². The lowest BCUT2D eigenvalue weighted by atomic mass is 10.1. The molecule has 0 bridgehead atoms. The molecule has 1 fully saturated rings. The van der Waals surface area contributed by atoms with Gasteiger partial charge in [-0.05, 0) is 19.8 Å². The van der Waals surface area contributed by atoms with Crippen molar-refractivity contribution in [3.05, 3.63) is 0 Å². The van der Waals surface area contributed by atoms with E-state index in [2.05, 4.69) is 0 Å². The molecule has 1 saturated carbocycles. The number of urea groups is 1. The second-order valence-corrected chi connectivity index (χ2v) is 4.53. The molecule has 0 saturated heterocycles. The van der Waals surface area contributed by atoms with Gasteiger partial charge in [0.05, 0.1) is 12.6 Å². The zero-order valence-corrected chi connectivity index (χ0v) is 10.4. The molecule has 1 aliphatic carbocycles. The Balaban J connectivity index is 2.71. The van der Waals surface area contributed by atoms with Crippen LogP contribution < -0.4 is 11.1 Å². The fraction of sp³-hybridized carbons (Fsp3) is 0.727. The molecule has 7 heteroatoms. The topological polar surface area (TPSA) is 113 Å². The fourth-order valence-corrected chi connectivity index (χ4v) is 2.35. The van der Waals surface area contributed by atoms with Gasteiger partial charge in [0, 0.05) is 6.04 Å². The largest absolute Gasteiger partial charge is 0.480 e. The maximum Gasteiger partial charge on any atom is 0.318 e. The van der Waals surface area contributed by atoms with Crippen molar-refractivity contribution in [3.63, 3.8) is 0 Å². The summed E-state index contributed by atoms with van der Waals surface area (Å²) < 4.78 is 0. The van der Waals surface area contributed by atoms with Crippen molar-refractivity contribution in [3.8, 4) is 0 Å². The molecule has 18 heavy (non-hydrogen) atoms. The number of amides is 3. The molecule has 3 amide bonds. The number of aliphatic carboxylic acids is 1. The molecule has 0 aromatic carbocycles. The SMILES string of the molecule is CC(C(=O)NC(N)=O)N(CC(=O)O)C1CCCC1. The maximum atomic E-state index is 11.7. The van der Waals surface area contributed by atoms with Crippen molar-refractivity contribution in [2.75, 3.05) is 6.54 Å². The molecular formula is C11H19N3O4. The van der Waals surface area contributed by atoms with E-state index in [-0.39, 0.29) is 12.6 Å². The Kier molecular flexibility index (Phi) is 5.08. The number of nitrogens with one attached hydrogen (secondary N) is 1. The summed E-state index contributed by atoms with van der Waals surface area (Å²) in [7, 11) is 0. The zero-order valence-electron chi connectivity index (χ0n) is 10.4. The fourth-order valence-electron chi connectivity index (χ4n) is 2.35. The molecule has 0 aromatic heterocycles. The van der Waals surface area contributed by atoms with E-state index < -0.39 is 23.9 Å². The first-order valence-electron chi connectivity index (χ1n) is 5.99. The molecule has 1 unspecified atom stereocenters. The summed E-state index contributed by atoms with van der Waals surface area (Å²) in [5, 5.41) is 10.9. The van der Waals surface area contributed by atoms with Crippen LogP contribution in [0.3, 0.4) is 0 Å². The number of primary amides is 1. The van der Waals surface area contributed by atoms with E-state index in [0.29, 0.717) is 0 Å². The van der Waals surface area contributed by atoms with Crippen molar-refractivity contribution < 1.29 is 19.5 Å². The van der Waals surface area contributed by atoms with E-state index in [4.69, 9.17) is 10.8 Å². The van der Waals surface area contributed by atoms with E-state index in [1.54, 1.807) is 11.8 Å². The first-order chi connectivity index (χ1) is 8.41. The summed E-state index contributed by atoms with van der Waals surface area (Å²) in [5.41, 5.74) is 4.88. The van der Waals surface area contributed by atoms with Gasteiger partial charge in [0.1, 0.15) is 0 Å². The summed E-state index contributed by atoms with van der Waals surface area (Å²) in [6.07, 6.45) is 3.82. The predicted octanol–water partition coefficient (Wildman–Crippen LogP) is -0.101. The normalized spacial score (nSPS) is 17.7. The van der Waals surface area contributed by atoms with Crippen LogP contribution in [0.15, 0.2) is 0 Å². The lowest BCUT2D eigenvalue weighted by Gasteiger charge is -2.31. The van der Waals surface area contributed by atoms with Gasteiger partial charge >= 0.3 is 12.0 Å². The van der Waals surface area contributed by atoms with E-state index in [1.165, 1.54) is 0 Å². The van der Waals surface area contributed by atoms with Crippen LogP contribution in [-0.4, -0.2) is 46.5 Å². The standard InChI is InChI=1S/C11H19N3O4/c1-7(10(17)13-11(12)18)14(6-9(15)16)8-4-2-3-5-8/h7-8H,2-6H2,1H3,(H,15,16)(H3,12,13,17,18). The lowest BCUT2D eigenvalue weighted by Crippen LogP contribution is -2.52. The minimum Gasteiger partial charge on any atom is -0.480 e. The number of nitrogens with two attached hydrogens (primary N) is 1. The van der Waals surface area contributed by atoms with Crippen molar-refractivity contribution in [1.29, 1.82) is 0 Å². The molecule has 4 N–H and O–H groups in total. The molecule has 102 valence electrons. The van der Waals surface area contributed by atoms with Crippen LogP contribution in [0.1, 0.15) is 32.6 Å². The maximum absolute atomic E-state index is 11.7. The highest BCUT2D eigenvalue weighted by Gasteiger charge is 2.31. The number of hydrogen-bond donors (Lipinski definition) is 3. The first kappa shape index (κ1) is 14.4. The zero-order chi connectivity index (χ0) is 13.7. The van der Waals surface area contributed by atoms with E-state index >= 15 is 0 Å². The van der Waals surface area contributed by atoms with Gasteiger partial charge in [-0.25, -0.2) is 4.79 Å². The van der Waals surface area contributed by atoms with Crippen LogP contribution in [-0.2, 0) is 9.59 Å². The van der Waals surface area contributed by atoms with Gasteiger partial charge < -0.3 is 10.8 Å². The highest BCUT2D eigenvalue weighted by Crippen LogP contribution is 2.24. The average Bonchev–Trinajstić information content (AvgIpc) is 2.76. The number of carbonyl (C=O) groups excluding carboxylic acids is 2. The van der Waals surface area contributed by atoms with Gasteiger partial charge in [-0.3, -0.25) is 19.8 Å². The second kappa shape index (κ2) is 6.34. The Morgan fingerprint density at radius 2 is 1.94 bits per heavy atom. The summed E-state index contributed by atoms with van der Waals surface area (Å²) in [5.74, 6) is -1.55. The van der Waals surface area contributed by atoms with Gasteiger partial charge in [0.15, 0.2) is 0 Å². The smallest absolute Gasteiger partial charge is 0.318 e. The Labute approximate surface area is 105 Å². The van der Waals surface area contributed by atoms with Crippen molar-refractivity contribution in [2.45, 2.75) is 44.7 Å². The third kappa shape index (κ3) is 3.99. The van der Waals surface area contributed by atoms with Gasteiger partial charge in [0.2, 0.25) is 5.91 Å². The quantitative estimate of drug-likeness (QED) is 0.636. The number of nitrogens with zero attached hydrogens (tertiary/aromatic N) is 1. The third-order valence-corrected chi connectivity index (χ3v) is 3.23. The number of hydrogen-bond acceptors (Lipinski definition) is 4. The first-order valence-corrected chi connectivity index (χ1v) is 5.99. The molecule has 7 nitrogen and oxygen atoms in total. The average molecular weight is 257 g/mol. The molecule has 1 rings (SSSR count). The number of carboxylic acid groups (broad SMARTS) is 1. The molecule has 0 spiro atoms. The number of carboxylic acids is 1. The van der Waals surface area contributed by atoms with E-state index in [0.717, 1.165) is 25.7 Å². The summed E-state index contributed by atoms with van der Waals surface area (Å²) in [6, 6.07) is -1.53. The molecule has 1 atom stereocenters. The third-order valence-electron chi connectivity index (χ3n) is 3.23. The van der Waals surface area contributed by atoms with Crippen LogP contribution in [0, 0.1) is 0 Å². The molecule has 1 aliphatic rings. The number of imide groups is 1. The Morgan fingerprint density at radius 3 is 2.39 bits per heavy atom. The molecule has 0 radical (unpaired) electrons. The van der Waals surface area contributed by atoms with Crippen LogP contribution in [0.5, 0.6) is 0 Å². The van der Waals surface area contributed by atoms with Gasteiger partial charge in [-0.2, -0.15) is 0 Å². The monoisotopic (exact) mass is 257 g/mol.